The number of carbonyl (C=O) groups excluding carboxylic acids is 2. The van der Waals surface area contributed by atoms with Gasteiger partial charge in [-0.2, -0.15) is 17.0 Å². The van der Waals surface area contributed by atoms with Gasteiger partial charge >= 0.3 is 0 Å². The van der Waals surface area contributed by atoms with Crippen molar-refractivity contribution in [1.82, 2.24) is 18.4 Å². The van der Waals surface area contributed by atoms with Gasteiger partial charge in [-0.15, -0.1) is 0 Å². The highest BCUT2D eigenvalue weighted by atomic mass is 32.2. The summed E-state index contributed by atoms with van der Waals surface area (Å²) >= 11 is 0. The first kappa shape index (κ1) is 21.1. The van der Waals surface area contributed by atoms with Crippen LogP contribution in [0.25, 0.3) is 0 Å². The molecule has 0 radical (unpaired) electrons. The van der Waals surface area contributed by atoms with Crippen molar-refractivity contribution in [3.63, 3.8) is 0 Å². The van der Waals surface area contributed by atoms with Crippen molar-refractivity contribution < 1.29 is 18.0 Å². The van der Waals surface area contributed by atoms with Crippen molar-refractivity contribution in [2.75, 3.05) is 45.8 Å². The summed E-state index contributed by atoms with van der Waals surface area (Å²) in [6.07, 6.45) is 8.33. The maximum absolute atomic E-state index is 13.1. The fraction of sp³-hybridized carbons (Fsp3) is 0.900. The van der Waals surface area contributed by atoms with Crippen LogP contribution in [0.15, 0.2) is 0 Å². The lowest BCUT2D eigenvalue weighted by atomic mass is 10.1. The average Bonchev–Trinajstić information content (AvgIpc) is 3.31. The molecular weight excluding hydrogens is 392 g/mol. The van der Waals surface area contributed by atoms with Crippen LogP contribution >= 0.6 is 0 Å². The molecule has 0 aromatic heterocycles. The molecule has 0 aromatic carbocycles. The zero-order chi connectivity index (χ0) is 20.4. The smallest absolute Gasteiger partial charge is 0.282 e. The number of hydrogen-bond donors (Lipinski definition) is 0. The van der Waals surface area contributed by atoms with Gasteiger partial charge in [0.1, 0.15) is 0 Å². The number of carbonyl (C=O) groups is 2. The van der Waals surface area contributed by atoms with E-state index in [4.69, 9.17) is 0 Å². The minimum atomic E-state index is -3.44. The van der Waals surface area contributed by atoms with E-state index in [-0.39, 0.29) is 17.7 Å². The van der Waals surface area contributed by atoms with E-state index in [0.29, 0.717) is 64.7 Å². The SMILES string of the molecule is O=C(C1CC(=O)N(C2CCCC2)C1)N1CCCN(S(=O)(=O)N2CCCCC2)CC1. The van der Waals surface area contributed by atoms with E-state index in [1.807, 2.05) is 4.90 Å². The largest absolute Gasteiger partial charge is 0.341 e. The summed E-state index contributed by atoms with van der Waals surface area (Å²) in [5.74, 6) is -0.135. The van der Waals surface area contributed by atoms with Gasteiger partial charge in [-0.1, -0.05) is 19.3 Å². The summed E-state index contributed by atoms with van der Waals surface area (Å²) in [6, 6.07) is 0.314. The predicted molar refractivity (Wildman–Crippen MR) is 109 cm³/mol. The van der Waals surface area contributed by atoms with Crippen molar-refractivity contribution in [2.24, 2.45) is 5.92 Å². The molecule has 4 fully saturated rings. The topological polar surface area (TPSA) is 81.2 Å². The molecule has 2 amide bonds. The zero-order valence-corrected chi connectivity index (χ0v) is 18.1. The molecule has 1 atom stereocenters. The molecule has 1 saturated carbocycles. The minimum absolute atomic E-state index is 0.0241. The molecular formula is C20H34N4O4S. The zero-order valence-electron chi connectivity index (χ0n) is 17.3. The minimum Gasteiger partial charge on any atom is -0.341 e. The molecule has 3 saturated heterocycles. The Morgan fingerprint density at radius 2 is 1.45 bits per heavy atom. The van der Waals surface area contributed by atoms with Gasteiger partial charge in [-0.25, -0.2) is 0 Å². The van der Waals surface area contributed by atoms with E-state index in [1.54, 1.807) is 13.5 Å². The lowest BCUT2D eigenvalue weighted by molar-refractivity contribution is -0.135. The predicted octanol–water partition coefficient (Wildman–Crippen LogP) is 1.04. The van der Waals surface area contributed by atoms with Crippen LogP contribution in [0.3, 0.4) is 0 Å². The van der Waals surface area contributed by atoms with Gasteiger partial charge in [0.2, 0.25) is 11.8 Å². The Balaban J connectivity index is 1.34. The standard InChI is InChI=1S/C20H34N4O4S/c25-19-15-17(16-24(19)18-7-2-3-8-18)20(26)21-9-6-12-23(14-13-21)29(27,28)22-10-4-1-5-11-22/h17-18H,1-16H2. The number of nitrogens with zero attached hydrogens (tertiary/aromatic N) is 4. The quantitative estimate of drug-likeness (QED) is 0.673. The molecule has 8 nitrogen and oxygen atoms in total. The third-order valence-corrected chi connectivity index (χ3v) is 9.04. The van der Waals surface area contributed by atoms with Crippen molar-refractivity contribution in [3.8, 4) is 0 Å². The number of likely N-dealkylation sites (tertiary alicyclic amines) is 1. The van der Waals surface area contributed by atoms with Crippen molar-refractivity contribution >= 4 is 22.0 Å². The summed E-state index contributed by atoms with van der Waals surface area (Å²) in [4.78, 5) is 29.3. The second-order valence-electron chi connectivity index (χ2n) is 8.93. The van der Waals surface area contributed by atoms with Gasteiger partial charge in [0, 0.05) is 58.3 Å². The number of hydrogen-bond acceptors (Lipinski definition) is 4. The first-order chi connectivity index (χ1) is 14.0. The monoisotopic (exact) mass is 426 g/mol. The van der Waals surface area contributed by atoms with Gasteiger partial charge in [-0.05, 0) is 32.1 Å². The Labute approximate surface area is 174 Å². The maximum atomic E-state index is 13.1. The van der Waals surface area contributed by atoms with Crippen LogP contribution < -0.4 is 0 Å². The van der Waals surface area contributed by atoms with E-state index >= 15 is 0 Å². The second-order valence-corrected chi connectivity index (χ2v) is 10.9. The molecule has 3 heterocycles. The third-order valence-electron chi connectivity index (χ3n) is 7.01. The molecule has 164 valence electrons. The van der Waals surface area contributed by atoms with E-state index in [1.165, 1.54) is 12.8 Å². The Morgan fingerprint density at radius 1 is 0.793 bits per heavy atom. The normalized spacial score (nSPS) is 28.8. The highest BCUT2D eigenvalue weighted by Crippen LogP contribution is 2.30. The fourth-order valence-electron chi connectivity index (χ4n) is 5.33. The number of rotatable bonds is 4. The van der Waals surface area contributed by atoms with Crippen LogP contribution in [0.1, 0.15) is 57.8 Å². The highest BCUT2D eigenvalue weighted by molar-refractivity contribution is 7.86. The lowest BCUT2D eigenvalue weighted by Gasteiger charge is -2.31. The Kier molecular flexibility index (Phi) is 6.46. The third kappa shape index (κ3) is 4.46. The van der Waals surface area contributed by atoms with Crippen molar-refractivity contribution in [1.29, 1.82) is 0 Å². The molecule has 0 bridgehead atoms. The fourth-order valence-corrected chi connectivity index (χ4v) is 7.05. The van der Waals surface area contributed by atoms with Gasteiger partial charge in [0.15, 0.2) is 0 Å². The molecule has 29 heavy (non-hydrogen) atoms. The summed E-state index contributed by atoms with van der Waals surface area (Å²) in [6.45, 7) is 3.52. The molecule has 9 heteroatoms. The Hall–Kier alpha value is -1.19. The van der Waals surface area contributed by atoms with Crippen LogP contribution in [0, 0.1) is 5.92 Å². The summed E-state index contributed by atoms with van der Waals surface area (Å²) in [5.41, 5.74) is 0. The molecule has 1 aliphatic carbocycles. The van der Waals surface area contributed by atoms with E-state index in [0.717, 1.165) is 32.1 Å². The number of amides is 2. The molecule has 0 spiro atoms. The van der Waals surface area contributed by atoms with Crippen LogP contribution in [0.4, 0.5) is 0 Å². The molecule has 1 unspecified atom stereocenters. The number of piperidine rings is 1. The van der Waals surface area contributed by atoms with Gasteiger partial charge < -0.3 is 9.80 Å². The Bertz CT molecular complexity index is 716. The van der Waals surface area contributed by atoms with Gasteiger partial charge in [-0.3, -0.25) is 9.59 Å². The van der Waals surface area contributed by atoms with Crippen LogP contribution in [-0.2, 0) is 19.8 Å². The molecule has 0 aromatic rings. The molecule has 4 rings (SSSR count). The van der Waals surface area contributed by atoms with Crippen molar-refractivity contribution in [2.45, 2.75) is 63.8 Å². The van der Waals surface area contributed by atoms with Gasteiger partial charge in [0.05, 0.1) is 5.92 Å². The van der Waals surface area contributed by atoms with E-state index in [9.17, 15) is 18.0 Å². The maximum Gasteiger partial charge on any atom is 0.282 e. The first-order valence-corrected chi connectivity index (χ1v) is 12.7. The molecule has 4 aliphatic rings. The van der Waals surface area contributed by atoms with Crippen LogP contribution in [0.2, 0.25) is 0 Å². The van der Waals surface area contributed by atoms with Gasteiger partial charge in [0.25, 0.3) is 10.2 Å². The summed E-state index contributed by atoms with van der Waals surface area (Å²) < 4.78 is 29.1. The van der Waals surface area contributed by atoms with Crippen molar-refractivity contribution in [3.05, 3.63) is 0 Å². The lowest BCUT2D eigenvalue weighted by Crippen LogP contribution is -2.47. The van der Waals surface area contributed by atoms with Crippen LogP contribution in [0.5, 0.6) is 0 Å². The van der Waals surface area contributed by atoms with E-state index < -0.39 is 10.2 Å². The summed E-state index contributed by atoms with van der Waals surface area (Å²) in [5, 5.41) is 0. The average molecular weight is 427 g/mol. The van der Waals surface area contributed by atoms with E-state index in [2.05, 4.69) is 0 Å². The molecule has 3 aliphatic heterocycles. The summed E-state index contributed by atoms with van der Waals surface area (Å²) in [7, 11) is -3.44. The Morgan fingerprint density at radius 3 is 2.17 bits per heavy atom. The first-order valence-electron chi connectivity index (χ1n) is 11.3. The molecule has 0 N–H and O–H groups in total. The second kappa shape index (κ2) is 8.89. The highest BCUT2D eigenvalue weighted by Gasteiger charge is 2.41. The van der Waals surface area contributed by atoms with Crippen LogP contribution in [-0.4, -0.2) is 90.5 Å².